The molecular weight excluding hydrogens is 352 g/mol. The van der Waals surface area contributed by atoms with Crippen LogP contribution in [0.4, 0.5) is 11.5 Å². The summed E-state index contributed by atoms with van der Waals surface area (Å²) < 4.78 is 0. The third-order valence-corrected chi connectivity index (χ3v) is 5.26. The Labute approximate surface area is 164 Å². The van der Waals surface area contributed by atoms with Crippen molar-refractivity contribution in [1.29, 1.82) is 0 Å². The van der Waals surface area contributed by atoms with Crippen molar-refractivity contribution in [3.63, 3.8) is 0 Å². The topological polar surface area (TPSA) is 77.1 Å². The number of amides is 1. The fourth-order valence-corrected chi connectivity index (χ4v) is 3.67. The molecule has 1 aliphatic rings. The molecule has 1 saturated heterocycles. The maximum absolute atomic E-state index is 12.9. The molecule has 2 aromatic heterocycles. The summed E-state index contributed by atoms with van der Waals surface area (Å²) in [4.78, 5) is 28.6. The fraction of sp³-hybridized carbons (Fsp3) is 0.381. The molecule has 1 amide bonds. The lowest BCUT2D eigenvalue weighted by atomic mass is 10.1. The Balaban J connectivity index is 1.38. The first-order valence-corrected chi connectivity index (χ1v) is 9.72. The molecule has 0 saturated carbocycles. The van der Waals surface area contributed by atoms with E-state index in [1.54, 1.807) is 6.33 Å². The predicted molar refractivity (Wildman–Crippen MR) is 112 cm³/mol. The first-order valence-electron chi connectivity index (χ1n) is 9.72. The van der Waals surface area contributed by atoms with Gasteiger partial charge >= 0.3 is 0 Å². The minimum absolute atomic E-state index is 0.0918. The van der Waals surface area contributed by atoms with E-state index in [0.29, 0.717) is 11.6 Å². The zero-order valence-corrected chi connectivity index (χ0v) is 16.4. The molecule has 0 bridgehead atoms. The minimum atomic E-state index is 0.0918. The number of carbonyl (C=O) groups is 1. The van der Waals surface area contributed by atoms with Crippen LogP contribution in [0, 0.1) is 0 Å². The third kappa shape index (κ3) is 3.93. The number of carbonyl (C=O) groups excluding carboxylic acids is 1. The Morgan fingerprint density at radius 3 is 2.86 bits per heavy atom. The number of pyridine rings is 1. The van der Waals surface area contributed by atoms with E-state index in [4.69, 9.17) is 0 Å². The average Bonchev–Trinajstić information content (AvgIpc) is 3.06. The quantitative estimate of drug-likeness (QED) is 0.729. The number of benzene rings is 1. The summed E-state index contributed by atoms with van der Waals surface area (Å²) in [6.07, 6.45) is 6.48. The van der Waals surface area contributed by atoms with E-state index in [0.717, 1.165) is 54.9 Å². The van der Waals surface area contributed by atoms with Gasteiger partial charge in [0.2, 0.25) is 0 Å². The van der Waals surface area contributed by atoms with Crippen LogP contribution in [-0.4, -0.2) is 59.0 Å². The van der Waals surface area contributed by atoms with Crippen molar-refractivity contribution in [2.24, 2.45) is 0 Å². The molecule has 2 N–H and O–H groups in total. The first-order chi connectivity index (χ1) is 13.6. The van der Waals surface area contributed by atoms with E-state index in [-0.39, 0.29) is 5.91 Å². The highest BCUT2D eigenvalue weighted by molar-refractivity contribution is 5.97. The van der Waals surface area contributed by atoms with Gasteiger partial charge in [-0.05, 0) is 49.6 Å². The number of rotatable bonds is 4. The number of H-pyrrole nitrogens is 1. The number of anilines is 2. The van der Waals surface area contributed by atoms with Crippen molar-refractivity contribution in [3.8, 4) is 0 Å². The average molecular weight is 378 g/mol. The molecule has 1 atom stereocenters. The number of fused-ring (bicyclic) bond motifs is 1. The molecule has 3 aromatic rings. The van der Waals surface area contributed by atoms with E-state index in [9.17, 15) is 4.79 Å². The van der Waals surface area contributed by atoms with Gasteiger partial charge in [-0.3, -0.25) is 4.79 Å². The van der Waals surface area contributed by atoms with Gasteiger partial charge < -0.3 is 20.1 Å². The molecule has 4 rings (SSSR count). The standard InChI is InChI=1S/C21H26N6O/c1-26(2)20-8-6-17(13-22-20)25-16-4-3-10-27(11-9-16)21(28)15-5-7-18-19(12-15)24-14-23-18/h5-8,12-14,16,25H,3-4,9-11H2,1-2H3,(H,23,24)/t16-/m1/s1. The fourth-order valence-electron chi connectivity index (χ4n) is 3.67. The summed E-state index contributed by atoms with van der Waals surface area (Å²) in [6, 6.07) is 10.1. The Bertz CT molecular complexity index is 949. The summed E-state index contributed by atoms with van der Waals surface area (Å²) in [5, 5.41) is 3.57. The molecule has 146 valence electrons. The largest absolute Gasteiger partial charge is 0.381 e. The highest BCUT2D eigenvalue weighted by Gasteiger charge is 2.22. The van der Waals surface area contributed by atoms with Crippen LogP contribution in [0.3, 0.4) is 0 Å². The van der Waals surface area contributed by atoms with Crippen molar-refractivity contribution in [2.75, 3.05) is 37.4 Å². The Morgan fingerprint density at radius 2 is 2.07 bits per heavy atom. The monoisotopic (exact) mass is 378 g/mol. The van der Waals surface area contributed by atoms with Crippen molar-refractivity contribution in [1.82, 2.24) is 19.9 Å². The molecule has 0 radical (unpaired) electrons. The number of hydrogen-bond donors (Lipinski definition) is 2. The number of aromatic nitrogens is 3. The van der Waals surface area contributed by atoms with Crippen LogP contribution >= 0.6 is 0 Å². The van der Waals surface area contributed by atoms with Gasteiger partial charge in [0.25, 0.3) is 5.91 Å². The number of nitrogens with one attached hydrogen (secondary N) is 2. The van der Waals surface area contributed by atoms with Crippen molar-refractivity contribution < 1.29 is 4.79 Å². The van der Waals surface area contributed by atoms with E-state index in [2.05, 4.69) is 26.3 Å². The molecule has 3 heterocycles. The number of nitrogens with zero attached hydrogens (tertiary/aromatic N) is 4. The van der Waals surface area contributed by atoms with Gasteiger partial charge in [-0.15, -0.1) is 0 Å². The number of imidazole rings is 1. The van der Waals surface area contributed by atoms with Crippen LogP contribution in [0.25, 0.3) is 11.0 Å². The van der Waals surface area contributed by atoms with E-state index in [1.165, 1.54) is 0 Å². The summed E-state index contributed by atoms with van der Waals surface area (Å²) >= 11 is 0. The molecule has 1 aromatic carbocycles. The zero-order valence-electron chi connectivity index (χ0n) is 16.4. The van der Waals surface area contributed by atoms with Gasteiger partial charge in [0.05, 0.1) is 29.2 Å². The number of likely N-dealkylation sites (tertiary alicyclic amines) is 1. The Morgan fingerprint density at radius 1 is 1.18 bits per heavy atom. The van der Waals surface area contributed by atoms with Crippen LogP contribution in [0.5, 0.6) is 0 Å². The van der Waals surface area contributed by atoms with E-state index < -0.39 is 0 Å². The summed E-state index contributed by atoms with van der Waals surface area (Å²) in [5.74, 6) is 1.03. The second kappa shape index (κ2) is 7.88. The van der Waals surface area contributed by atoms with Crippen LogP contribution in [-0.2, 0) is 0 Å². The maximum Gasteiger partial charge on any atom is 0.253 e. The normalized spacial score (nSPS) is 17.4. The molecule has 0 aliphatic carbocycles. The predicted octanol–water partition coefficient (Wildman–Crippen LogP) is 3.13. The zero-order chi connectivity index (χ0) is 19.5. The highest BCUT2D eigenvalue weighted by atomic mass is 16.2. The lowest BCUT2D eigenvalue weighted by Gasteiger charge is -2.21. The SMILES string of the molecule is CN(C)c1ccc(N[C@@H]2CCCN(C(=O)c3ccc4nc[nH]c4c3)CC2)cn1. The molecule has 0 spiro atoms. The molecule has 7 heteroatoms. The first kappa shape index (κ1) is 18.3. The van der Waals surface area contributed by atoms with Crippen LogP contribution in [0.15, 0.2) is 42.9 Å². The minimum Gasteiger partial charge on any atom is -0.381 e. The molecular formula is C21H26N6O. The van der Waals surface area contributed by atoms with Gasteiger partial charge in [0, 0.05) is 38.8 Å². The van der Waals surface area contributed by atoms with Gasteiger partial charge in [0.1, 0.15) is 5.82 Å². The third-order valence-electron chi connectivity index (χ3n) is 5.26. The lowest BCUT2D eigenvalue weighted by Crippen LogP contribution is -2.32. The van der Waals surface area contributed by atoms with Gasteiger partial charge in [-0.1, -0.05) is 0 Å². The number of hydrogen-bond acceptors (Lipinski definition) is 5. The van der Waals surface area contributed by atoms with Crippen molar-refractivity contribution in [2.45, 2.75) is 25.3 Å². The molecule has 28 heavy (non-hydrogen) atoms. The van der Waals surface area contributed by atoms with Gasteiger partial charge in [0.15, 0.2) is 0 Å². The summed E-state index contributed by atoms with van der Waals surface area (Å²) in [7, 11) is 3.97. The van der Waals surface area contributed by atoms with E-state index in [1.807, 2.05) is 54.4 Å². The van der Waals surface area contributed by atoms with Gasteiger partial charge in [-0.2, -0.15) is 0 Å². The molecule has 0 unspecified atom stereocenters. The van der Waals surface area contributed by atoms with Gasteiger partial charge in [-0.25, -0.2) is 9.97 Å². The highest BCUT2D eigenvalue weighted by Crippen LogP contribution is 2.20. The van der Waals surface area contributed by atoms with Crippen molar-refractivity contribution in [3.05, 3.63) is 48.4 Å². The van der Waals surface area contributed by atoms with Crippen LogP contribution < -0.4 is 10.2 Å². The molecule has 1 fully saturated rings. The van der Waals surface area contributed by atoms with E-state index >= 15 is 0 Å². The summed E-state index contributed by atoms with van der Waals surface area (Å²) in [5.41, 5.74) is 3.52. The summed E-state index contributed by atoms with van der Waals surface area (Å²) in [6.45, 7) is 1.54. The smallest absolute Gasteiger partial charge is 0.253 e. The molecule has 7 nitrogen and oxygen atoms in total. The second-order valence-corrected chi connectivity index (χ2v) is 7.50. The Kier molecular flexibility index (Phi) is 5.14. The molecule has 1 aliphatic heterocycles. The maximum atomic E-state index is 12.9. The van der Waals surface area contributed by atoms with Crippen LogP contribution in [0.2, 0.25) is 0 Å². The lowest BCUT2D eigenvalue weighted by molar-refractivity contribution is 0.0761. The number of aromatic amines is 1. The Hall–Kier alpha value is -3.09. The second-order valence-electron chi connectivity index (χ2n) is 7.50. The van der Waals surface area contributed by atoms with Crippen LogP contribution in [0.1, 0.15) is 29.6 Å². The van der Waals surface area contributed by atoms with Crippen molar-refractivity contribution >= 4 is 28.4 Å².